The third kappa shape index (κ3) is 2.32. The minimum atomic E-state index is 0.230. The zero-order valence-electron chi connectivity index (χ0n) is 7.59. The van der Waals surface area contributed by atoms with Crippen LogP contribution in [0.4, 0.5) is 0 Å². The van der Waals surface area contributed by atoms with E-state index in [2.05, 4.69) is 5.32 Å². The summed E-state index contributed by atoms with van der Waals surface area (Å²) < 4.78 is 5.71. The lowest BCUT2D eigenvalue weighted by molar-refractivity contribution is 0.223. The van der Waals surface area contributed by atoms with Gasteiger partial charge in [-0.3, -0.25) is 0 Å². The maximum Gasteiger partial charge on any atom is 0.138 e. The Labute approximate surface area is 93.2 Å². The number of hydrogen-bond acceptors (Lipinski definition) is 2. The molecular formula is C10H11Cl2NO. The maximum absolute atomic E-state index is 5.98. The Hall–Kier alpha value is -0.440. The van der Waals surface area contributed by atoms with Crippen LogP contribution >= 0.6 is 23.2 Å². The molecule has 2 rings (SSSR count). The molecule has 0 aliphatic carbocycles. The summed E-state index contributed by atoms with van der Waals surface area (Å²) in [7, 11) is 0. The first kappa shape index (κ1) is 10.1. The molecule has 14 heavy (non-hydrogen) atoms. The third-order valence-corrected chi connectivity index (χ3v) is 2.73. The lowest BCUT2D eigenvalue weighted by atomic mass is 10.3. The van der Waals surface area contributed by atoms with Gasteiger partial charge in [-0.1, -0.05) is 23.2 Å². The van der Waals surface area contributed by atoms with Gasteiger partial charge in [0, 0.05) is 11.6 Å². The minimum Gasteiger partial charge on any atom is -0.487 e. The van der Waals surface area contributed by atoms with E-state index >= 15 is 0 Å². The molecule has 0 bridgehead atoms. The minimum absolute atomic E-state index is 0.230. The van der Waals surface area contributed by atoms with Crippen molar-refractivity contribution >= 4 is 23.2 Å². The molecule has 0 amide bonds. The molecule has 1 aromatic rings. The summed E-state index contributed by atoms with van der Waals surface area (Å²) in [6.07, 6.45) is 1.26. The standard InChI is InChI=1S/C10H11Cl2NO/c11-7-1-2-10(9(12)5-7)14-8-3-4-13-6-8/h1-2,5,8,13H,3-4,6H2/t8-/m0/s1. The fourth-order valence-electron chi connectivity index (χ4n) is 1.48. The largest absolute Gasteiger partial charge is 0.487 e. The second-order valence-corrected chi connectivity index (χ2v) is 4.15. The van der Waals surface area contributed by atoms with Gasteiger partial charge in [0.2, 0.25) is 0 Å². The molecule has 1 aliphatic heterocycles. The zero-order chi connectivity index (χ0) is 9.97. The zero-order valence-corrected chi connectivity index (χ0v) is 9.11. The lowest BCUT2D eigenvalue weighted by Gasteiger charge is -2.13. The number of nitrogens with one attached hydrogen (secondary N) is 1. The molecule has 0 spiro atoms. The second-order valence-electron chi connectivity index (χ2n) is 3.31. The molecule has 1 atom stereocenters. The Morgan fingerprint density at radius 3 is 2.86 bits per heavy atom. The molecule has 1 fully saturated rings. The van der Waals surface area contributed by atoms with Gasteiger partial charge in [0.25, 0.3) is 0 Å². The normalized spacial score (nSPS) is 21.1. The van der Waals surface area contributed by atoms with Gasteiger partial charge in [-0.05, 0) is 31.2 Å². The summed E-state index contributed by atoms with van der Waals surface area (Å²) >= 11 is 11.8. The van der Waals surface area contributed by atoms with Crippen molar-refractivity contribution in [1.82, 2.24) is 5.32 Å². The smallest absolute Gasteiger partial charge is 0.138 e. The summed E-state index contributed by atoms with van der Waals surface area (Å²) in [6, 6.07) is 5.29. The van der Waals surface area contributed by atoms with Crippen LogP contribution in [-0.2, 0) is 0 Å². The Bertz CT molecular complexity index is 324. The fourth-order valence-corrected chi connectivity index (χ4v) is 1.93. The van der Waals surface area contributed by atoms with Crippen molar-refractivity contribution in [3.63, 3.8) is 0 Å². The Morgan fingerprint density at radius 1 is 1.36 bits per heavy atom. The Balaban J connectivity index is 2.08. The summed E-state index contributed by atoms with van der Waals surface area (Å²) in [4.78, 5) is 0. The summed E-state index contributed by atoms with van der Waals surface area (Å²) in [6.45, 7) is 1.90. The van der Waals surface area contributed by atoms with Crippen LogP contribution in [-0.4, -0.2) is 19.2 Å². The number of hydrogen-bond donors (Lipinski definition) is 1. The van der Waals surface area contributed by atoms with E-state index in [1.165, 1.54) is 0 Å². The van der Waals surface area contributed by atoms with Crippen LogP contribution in [0.3, 0.4) is 0 Å². The highest BCUT2D eigenvalue weighted by molar-refractivity contribution is 6.35. The van der Waals surface area contributed by atoms with Crippen LogP contribution in [0, 0.1) is 0 Å². The number of halogens is 2. The third-order valence-electron chi connectivity index (χ3n) is 2.20. The highest BCUT2D eigenvalue weighted by Gasteiger charge is 2.16. The molecule has 1 aliphatic rings. The molecule has 1 N–H and O–H groups in total. The SMILES string of the molecule is Clc1ccc(O[C@H]2CCNC2)c(Cl)c1. The first-order valence-electron chi connectivity index (χ1n) is 4.58. The van der Waals surface area contributed by atoms with Gasteiger partial charge >= 0.3 is 0 Å². The van der Waals surface area contributed by atoms with Gasteiger partial charge in [0.1, 0.15) is 11.9 Å². The fraction of sp³-hybridized carbons (Fsp3) is 0.400. The quantitative estimate of drug-likeness (QED) is 0.846. The topological polar surface area (TPSA) is 21.3 Å². The van der Waals surface area contributed by atoms with E-state index in [1.54, 1.807) is 12.1 Å². The van der Waals surface area contributed by atoms with Gasteiger partial charge in [-0.2, -0.15) is 0 Å². The molecule has 4 heteroatoms. The first-order valence-corrected chi connectivity index (χ1v) is 5.34. The van der Waals surface area contributed by atoms with Crippen LogP contribution in [0.1, 0.15) is 6.42 Å². The van der Waals surface area contributed by atoms with E-state index in [4.69, 9.17) is 27.9 Å². The van der Waals surface area contributed by atoms with Crippen molar-refractivity contribution in [1.29, 1.82) is 0 Å². The van der Waals surface area contributed by atoms with Crippen molar-refractivity contribution in [2.24, 2.45) is 0 Å². The summed E-state index contributed by atoms with van der Waals surface area (Å²) in [5.74, 6) is 0.713. The maximum atomic E-state index is 5.98. The number of rotatable bonds is 2. The predicted octanol–water partition coefficient (Wildman–Crippen LogP) is 2.73. The highest BCUT2D eigenvalue weighted by atomic mass is 35.5. The van der Waals surface area contributed by atoms with Crippen LogP contribution in [0.25, 0.3) is 0 Å². The van der Waals surface area contributed by atoms with E-state index in [0.717, 1.165) is 19.5 Å². The molecule has 1 aromatic carbocycles. The Kier molecular flexibility index (Phi) is 3.16. The van der Waals surface area contributed by atoms with E-state index in [9.17, 15) is 0 Å². The first-order chi connectivity index (χ1) is 6.75. The molecule has 1 heterocycles. The van der Waals surface area contributed by atoms with Crippen LogP contribution in [0.2, 0.25) is 10.0 Å². The van der Waals surface area contributed by atoms with Gasteiger partial charge in [0.05, 0.1) is 5.02 Å². The average molecular weight is 232 g/mol. The molecule has 0 aromatic heterocycles. The van der Waals surface area contributed by atoms with Crippen molar-refractivity contribution in [3.8, 4) is 5.75 Å². The van der Waals surface area contributed by atoms with Crippen molar-refractivity contribution in [3.05, 3.63) is 28.2 Å². The predicted molar refractivity (Wildman–Crippen MR) is 58.4 cm³/mol. The second kappa shape index (κ2) is 4.39. The molecular weight excluding hydrogens is 221 g/mol. The van der Waals surface area contributed by atoms with Crippen molar-refractivity contribution in [2.75, 3.05) is 13.1 Å². The summed E-state index contributed by atoms with van der Waals surface area (Å²) in [5.41, 5.74) is 0. The van der Waals surface area contributed by atoms with Gasteiger partial charge in [-0.15, -0.1) is 0 Å². The molecule has 2 nitrogen and oxygen atoms in total. The van der Waals surface area contributed by atoms with Gasteiger partial charge in [0.15, 0.2) is 0 Å². The van der Waals surface area contributed by atoms with Gasteiger partial charge < -0.3 is 10.1 Å². The molecule has 0 saturated carbocycles. The van der Waals surface area contributed by atoms with Crippen LogP contribution in [0.5, 0.6) is 5.75 Å². The van der Waals surface area contributed by atoms with Crippen LogP contribution < -0.4 is 10.1 Å². The summed E-state index contributed by atoms with van der Waals surface area (Å²) in [5, 5.41) is 4.43. The molecule has 76 valence electrons. The number of ether oxygens (including phenoxy) is 1. The highest BCUT2D eigenvalue weighted by Crippen LogP contribution is 2.28. The van der Waals surface area contributed by atoms with Crippen LogP contribution in [0.15, 0.2) is 18.2 Å². The van der Waals surface area contributed by atoms with E-state index in [-0.39, 0.29) is 6.10 Å². The van der Waals surface area contributed by atoms with Crippen molar-refractivity contribution < 1.29 is 4.74 Å². The average Bonchev–Trinajstić information content (AvgIpc) is 2.62. The Morgan fingerprint density at radius 2 is 2.21 bits per heavy atom. The number of benzene rings is 1. The monoisotopic (exact) mass is 231 g/mol. The lowest BCUT2D eigenvalue weighted by Crippen LogP contribution is -2.19. The van der Waals surface area contributed by atoms with E-state index in [0.29, 0.717) is 15.8 Å². The van der Waals surface area contributed by atoms with Gasteiger partial charge in [-0.25, -0.2) is 0 Å². The van der Waals surface area contributed by atoms with E-state index in [1.807, 2.05) is 6.07 Å². The van der Waals surface area contributed by atoms with Crippen molar-refractivity contribution in [2.45, 2.75) is 12.5 Å². The molecule has 1 saturated heterocycles. The molecule has 0 radical (unpaired) electrons. The molecule has 0 unspecified atom stereocenters. The van der Waals surface area contributed by atoms with E-state index < -0.39 is 0 Å².